The Morgan fingerprint density at radius 1 is 0.821 bits per heavy atom. The van der Waals surface area contributed by atoms with Gasteiger partial charge in [0.1, 0.15) is 0 Å². The molecule has 0 heterocycles. The van der Waals surface area contributed by atoms with Gasteiger partial charge in [-0.15, -0.1) is 0 Å². The van der Waals surface area contributed by atoms with E-state index in [2.05, 4.69) is 4.74 Å². The zero-order valence-corrected chi connectivity index (χ0v) is 14.5. The summed E-state index contributed by atoms with van der Waals surface area (Å²) < 4.78 is 170. The normalized spacial score (nSPS) is 15.4. The first-order chi connectivity index (χ1) is 12.3. The summed E-state index contributed by atoms with van der Waals surface area (Å²) in [7, 11) is -6.86. The van der Waals surface area contributed by atoms with Crippen LogP contribution in [0.3, 0.4) is 0 Å². The fraction of sp³-hybridized carbons (Fsp3) is 1.00. The molecule has 170 valence electrons. The van der Waals surface area contributed by atoms with Crippen LogP contribution in [0.5, 0.6) is 0 Å². The van der Waals surface area contributed by atoms with E-state index in [-0.39, 0.29) is 0 Å². The van der Waals surface area contributed by atoms with Gasteiger partial charge in [0.15, 0.2) is 0 Å². The Balaban J connectivity index is 6.10. The zero-order valence-electron chi connectivity index (χ0n) is 13.7. The van der Waals surface area contributed by atoms with Crippen LogP contribution in [0.15, 0.2) is 0 Å². The third kappa shape index (κ3) is 4.30. The molecule has 0 aliphatic heterocycles. The van der Waals surface area contributed by atoms with Crippen LogP contribution >= 0.6 is 0 Å². The SMILES string of the molecule is CCN(CCOCCO)S(=O)(=O)C(F)(F)C(F)(F)C(F)(F)C(F)(F)C(F)(F)F. The molecule has 0 saturated heterocycles. The summed E-state index contributed by atoms with van der Waals surface area (Å²) in [5.74, 6) is -23.2. The van der Waals surface area contributed by atoms with Gasteiger partial charge in [0.2, 0.25) is 0 Å². The Kier molecular flexibility index (Phi) is 8.15. The summed E-state index contributed by atoms with van der Waals surface area (Å²) >= 11 is 0. The van der Waals surface area contributed by atoms with Crippen molar-refractivity contribution < 1.29 is 66.6 Å². The van der Waals surface area contributed by atoms with E-state index >= 15 is 0 Å². The molecule has 0 saturated carbocycles. The summed E-state index contributed by atoms with van der Waals surface area (Å²) in [6.45, 7) is -3.37. The van der Waals surface area contributed by atoms with E-state index in [9.17, 15) is 56.7 Å². The molecular weight excluding hydrogens is 451 g/mol. The highest BCUT2D eigenvalue weighted by Crippen LogP contribution is 2.58. The molecule has 0 radical (unpaired) electrons. The van der Waals surface area contributed by atoms with E-state index in [4.69, 9.17) is 5.11 Å². The van der Waals surface area contributed by atoms with Crippen molar-refractivity contribution in [3.8, 4) is 0 Å². The van der Waals surface area contributed by atoms with E-state index < -0.39 is 76.4 Å². The van der Waals surface area contributed by atoms with Crippen LogP contribution in [0.1, 0.15) is 6.92 Å². The molecule has 0 rings (SSSR count). The lowest BCUT2D eigenvalue weighted by Crippen LogP contribution is -2.69. The molecule has 0 fully saturated rings. The maximum Gasteiger partial charge on any atom is 0.460 e. The lowest BCUT2D eigenvalue weighted by Gasteiger charge is -2.38. The Bertz CT molecular complexity index is 621. The summed E-state index contributed by atoms with van der Waals surface area (Å²) in [5.41, 5.74) is 0. The van der Waals surface area contributed by atoms with Gasteiger partial charge in [-0.3, -0.25) is 0 Å². The number of likely N-dealkylation sites (N-methyl/N-ethyl adjacent to an activating group) is 1. The van der Waals surface area contributed by atoms with E-state index in [0.717, 1.165) is 6.92 Å². The highest BCUT2D eigenvalue weighted by molar-refractivity contribution is 7.90. The Labute approximate surface area is 151 Å². The van der Waals surface area contributed by atoms with Crippen molar-refractivity contribution >= 4 is 10.0 Å². The quantitative estimate of drug-likeness (QED) is 0.377. The third-order valence-corrected chi connectivity index (χ3v) is 5.27. The standard InChI is InChI=1S/C11H14F11NO4S/c1-2-23(3-5-27-6-4-24)28(25,26)11(21,22)9(16,17)7(12,13)8(14,15)10(18,19)20/h24H,2-6H2,1H3. The van der Waals surface area contributed by atoms with E-state index in [1.807, 2.05) is 0 Å². The van der Waals surface area contributed by atoms with Gasteiger partial charge in [-0.2, -0.15) is 52.6 Å². The molecule has 0 aromatic carbocycles. The molecule has 0 bridgehead atoms. The van der Waals surface area contributed by atoms with Crippen LogP contribution in [-0.2, 0) is 14.8 Å². The van der Waals surface area contributed by atoms with Crippen molar-refractivity contribution in [2.75, 3.05) is 32.9 Å². The van der Waals surface area contributed by atoms with Crippen molar-refractivity contribution in [1.29, 1.82) is 0 Å². The number of aliphatic hydroxyl groups excluding tert-OH is 1. The molecular formula is C11H14F11NO4S. The molecule has 0 atom stereocenters. The van der Waals surface area contributed by atoms with Crippen molar-refractivity contribution in [2.24, 2.45) is 0 Å². The highest BCUT2D eigenvalue weighted by atomic mass is 32.2. The molecule has 1 N–H and O–H groups in total. The number of sulfonamides is 1. The molecule has 0 unspecified atom stereocenters. The molecule has 5 nitrogen and oxygen atoms in total. The molecule has 0 aromatic heterocycles. The Morgan fingerprint density at radius 2 is 1.29 bits per heavy atom. The van der Waals surface area contributed by atoms with Crippen molar-refractivity contribution in [3.63, 3.8) is 0 Å². The maximum absolute atomic E-state index is 13.8. The molecule has 0 amide bonds. The van der Waals surface area contributed by atoms with Gasteiger partial charge in [0.25, 0.3) is 10.0 Å². The molecule has 0 spiro atoms. The minimum atomic E-state index is -7.82. The topological polar surface area (TPSA) is 66.8 Å². The van der Waals surface area contributed by atoms with E-state index in [1.165, 1.54) is 0 Å². The molecule has 0 aromatic rings. The number of rotatable bonds is 11. The monoisotopic (exact) mass is 465 g/mol. The predicted molar refractivity (Wildman–Crippen MR) is 69.9 cm³/mol. The number of ether oxygens (including phenoxy) is 1. The summed E-state index contributed by atoms with van der Waals surface area (Å²) in [5, 5.41) is 1.34. The van der Waals surface area contributed by atoms with Gasteiger partial charge in [-0.05, 0) is 0 Å². The Morgan fingerprint density at radius 3 is 1.64 bits per heavy atom. The van der Waals surface area contributed by atoms with E-state index in [0.29, 0.717) is 0 Å². The summed E-state index contributed by atoms with van der Waals surface area (Å²) in [6, 6.07) is 0. The summed E-state index contributed by atoms with van der Waals surface area (Å²) in [6.07, 6.45) is -7.39. The average molecular weight is 465 g/mol. The number of nitrogens with zero attached hydrogens (tertiary/aromatic N) is 1. The average Bonchev–Trinajstić information content (AvgIpc) is 2.52. The first-order valence-corrected chi connectivity index (χ1v) is 8.47. The van der Waals surface area contributed by atoms with Crippen molar-refractivity contribution in [2.45, 2.75) is 36.1 Å². The van der Waals surface area contributed by atoms with Gasteiger partial charge >= 0.3 is 29.2 Å². The number of alkyl halides is 11. The van der Waals surface area contributed by atoms with Crippen molar-refractivity contribution in [3.05, 3.63) is 0 Å². The molecule has 28 heavy (non-hydrogen) atoms. The fourth-order valence-corrected chi connectivity index (χ4v) is 3.09. The zero-order chi connectivity index (χ0) is 22.8. The van der Waals surface area contributed by atoms with Crippen LogP contribution in [0.25, 0.3) is 0 Å². The first-order valence-electron chi connectivity index (χ1n) is 7.03. The molecule has 0 aliphatic carbocycles. The van der Waals surface area contributed by atoms with Gasteiger partial charge in [-0.1, -0.05) is 6.92 Å². The minimum absolute atomic E-state index is 0.458. The second kappa shape index (κ2) is 8.43. The molecule has 17 heteroatoms. The van der Waals surface area contributed by atoms with Crippen LogP contribution in [0.4, 0.5) is 48.3 Å². The van der Waals surface area contributed by atoms with Crippen molar-refractivity contribution in [1.82, 2.24) is 4.31 Å². The number of hydrogen-bond acceptors (Lipinski definition) is 4. The number of halogens is 11. The summed E-state index contributed by atoms with van der Waals surface area (Å²) in [4.78, 5) is 0. The second-order valence-corrected chi connectivity index (χ2v) is 7.05. The van der Waals surface area contributed by atoms with Crippen LogP contribution in [0.2, 0.25) is 0 Å². The van der Waals surface area contributed by atoms with E-state index in [1.54, 1.807) is 0 Å². The van der Waals surface area contributed by atoms with Crippen LogP contribution in [-0.4, -0.2) is 79.9 Å². The first kappa shape index (κ1) is 27.1. The Hall–Kier alpha value is -0.940. The minimum Gasteiger partial charge on any atom is -0.394 e. The predicted octanol–water partition coefficient (Wildman–Crippen LogP) is 2.71. The maximum atomic E-state index is 13.8. The lowest BCUT2D eigenvalue weighted by atomic mass is 10.0. The highest BCUT2D eigenvalue weighted by Gasteiger charge is 2.89. The molecule has 0 aliphatic rings. The largest absolute Gasteiger partial charge is 0.460 e. The van der Waals surface area contributed by atoms with Gasteiger partial charge in [0.05, 0.1) is 19.8 Å². The fourth-order valence-electron chi connectivity index (χ4n) is 1.66. The smallest absolute Gasteiger partial charge is 0.394 e. The number of aliphatic hydroxyl groups is 1. The van der Waals surface area contributed by atoms with Crippen LogP contribution in [0, 0.1) is 0 Å². The van der Waals surface area contributed by atoms with Gasteiger partial charge < -0.3 is 9.84 Å². The second-order valence-electron chi connectivity index (χ2n) is 5.07. The van der Waals surface area contributed by atoms with Gasteiger partial charge in [0, 0.05) is 13.1 Å². The van der Waals surface area contributed by atoms with Gasteiger partial charge in [-0.25, -0.2) is 8.42 Å². The lowest BCUT2D eigenvalue weighted by molar-refractivity contribution is -0.413. The van der Waals surface area contributed by atoms with Crippen LogP contribution < -0.4 is 0 Å². The third-order valence-electron chi connectivity index (χ3n) is 3.25. The number of hydrogen-bond donors (Lipinski definition) is 1.